The highest BCUT2D eigenvalue weighted by atomic mass is 35.5. The van der Waals surface area contributed by atoms with Gasteiger partial charge in [-0.2, -0.15) is 24.1 Å². The molecule has 2 aliphatic rings. The Kier molecular flexibility index (Phi) is 10.1. The summed E-state index contributed by atoms with van der Waals surface area (Å²) in [5.74, 6) is -0.123. The quantitative estimate of drug-likeness (QED) is 0.0512. The van der Waals surface area contributed by atoms with Crippen LogP contribution in [-0.2, 0) is 11.8 Å². The molecular formula is C32H39ClF2N10O. The summed E-state index contributed by atoms with van der Waals surface area (Å²) >= 11 is 7.15. The van der Waals surface area contributed by atoms with Crippen LogP contribution in [-0.4, -0.2) is 83.7 Å². The normalized spacial score (nSPS) is 21.3. The van der Waals surface area contributed by atoms with Crippen molar-refractivity contribution in [1.29, 1.82) is 10.8 Å². The summed E-state index contributed by atoms with van der Waals surface area (Å²) in [7, 11) is 3.47. The van der Waals surface area contributed by atoms with Gasteiger partial charge in [-0.1, -0.05) is 11.6 Å². The van der Waals surface area contributed by atoms with Gasteiger partial charge in [0.15, 0.2) is 0 Å². The van der Waals surface area contributed by atoms with Crippen LogP contribution in [0.25, 0.3) is 28.2 Å². The third-order valence-corrected chi connectivity index (χ3v) is 9.81. The van der Waals surface area contributed by atoms with Crippen molar-refractivity contribution < 1.29 is 13.6 Å². The van der Waals surface area contributed by atoms with Crippen molar-refractivity contribution in [2.75, 3.05) is 7.05 Å². The van der Waals surface area contributed by atoms with E-state index in [0.29, 0.717) is 12.8 Å². The Bertz CT molecular complexity index is 1720. The van der Waals surface area contributed by atoms with E-state index >= 15 is 0 Å². The molecule has 3 N–H and O–H groups in total. The first kappa shape index (κ1) is 33.1. The van der Waals surface area contributed by atoms with Crippen molar-refractivity contribution in [1.82, 2.24) is 39.6 Å². The number of rotatable bonds is 8. The molecule has 1 amide bonds. The Labute approximate surface area is 271 Å². The third-order valence-electron chi connectivity index (χ3n) is 9.22. The van der Waals surface area contributed by atoms with Crippen LogP contribution >= 0.6 is 11.6 Å². The van der Waals surface area contributed by atoms with Gasteiger partial charge >= 0.3 is 0 Å². The van der Waals surface area contributed by atoms with E-state index in [9.17, 15) is 13.6 Å². The van der Waals surface area contributed by atoms with Crippen molar-refractivity contribution in [2.45, 2.75) is 75.9 Å². The lowest BCUT2D eigenvalue weighted by molar-refractivity contribution is -0.112. The third kappa shape index (κ3) is 6.38. The molecule has 0 saturated heterocycles. The summed E-state index contributed by atoms with van der Waals surface area (Å²) in [6, 6.07) is 6.34. The Hall–Kier alpha value is -4.23. The molecule has 1 aromatic carbocycles. The van der Waals surface area contributed by atoms with Gasteiger partial charge in [0.1, 0.15) is 0 Å². The number of nitrogens with one attached hydrogen (secondary N) is 3. The van der Waals surface area contributed by atoms with Gasteiger partial charge in [-0.3, -0.25) is 35.0 Å². The summed E-state index contributed by atoms with van der Waals surface area (Å²) in [4.78, 5) is 11.6. The van der Waals surface area contributed by atoms with Gasteiger partial charge in [0.05, 0.1) is 53.4 Å². The van der Waals surface area contributed by atoms with Crippen LogP contribution < -0.4 is 0 Å². The number of amides is 1. The molecule has 1 saturated carbocycles. The lowest BCUT2D eigenvalue weighted by Gasteiger charge is -2.28. The number of hydrogen-bond donors (Lipinski definition) is 3. The Balaban J connectivity index is 0.000000537. The number of alkyl halides is 3. The van der Waals surface area contributed by atoms with Crippen LogP contribution in [0, 0.1) is 17.7 Å². The number of aryl methyl sites for hydroxylation is 1. The standard InChI is InChI=1S/C29H34ClF2N7.C3H5N3O/c1-16-12-23-22(15-33-35-23)26(27(16)30)25-17(2)39(21-7-5-6-20(9-10-21)37(3)29(31)32)36-28(25)18-8-11-24-19(13-18)14-34-38(24)4;4-1-6(2-5)3-7/h8,11-15,20-21,26-27,29H,5-7,9-10H2,1-4H3,(H,33,35);1-5H. The number of aromatic nitrogens is 6. The largest absolute Gasteiger partial charge is 0.294 e. The lowest BCUT2D eigenvalue weighted by atomic mass is 9.80. The van der Waals surface area contributed by atoms with Gasteiger partial charge in [-0.25, -0.2) is 4.90 Å². The fourth-order valence-corrected chi connectivity index (χ4v) is 6.98. The predicted molar refractivity (Wildman–Crippen MR) is 176 cm³/mol. The number of carbonyl (C=O) groups is 1. The van der Waals surface area contributed by atoms with E-state index < -0.39 is 6.55 Å². The molecule has 46 heavy (non-hydrogen) atoms. The molecule has 0 aliphatic heterocycles. The first-order valence-electron chi connectivity index (χ1n) is 15.2. The maximum atomic E-state index is 13.4. The van der Waals surface area contributed by atoms with Crippen LogP contribution in [0.15, 0.2) is 36.2 Å². The second-order valence-corrected chi connectivity index (χ2v) is 12.4. The minimum absolute atomic E-state index is 0.121. The zero-order valence-corrected chi connectivity index (χ0v) is 27.0. The van der Waals surface area contributed by atoms with Crippen molar-refractivity contribution in [3.8, 4) is 11.3 Å². The van der Waals surface area contributed by atoms with E-state index in [2.05, 4.69) is 58.1 Å². The summed E-state index contributed by atoms with van der Waals surface area (Å²) in [6.45, 7) is 1.74. The summed E-state index contributed by atoms with van der Waals surface area (Å²) in [6.07, 6.45) is 11.8. The molecule has 4 unspecified atom stereocenters. The van der Waals surface area contributed by atoms with Crippen LogP contribution in [0.4, 0.5) is 8.78 Å². The fraction of sp³-hybridized carbons (Fsp3) is 0.438. The summed E-state index contributed by atoms with van der Waals surface area (Å²) in [5.41, 5.74) is 8.25. The highest BCUT2D eigenvalue weighted by molar-refractivity contribution is 6.24. The van der Waals surface area contributed by atoms with Gasteiger partial charge in [-0.05, 0) is 71.2 Å². The van der Waals surface area contributed by atoms with Gasteiger partial charge in [-0.15, -0.1) is 11.6 Å². The lowest BCUT2D eigenvalue weighted by Crippen LogP contribution is -2.35. The highest BCUT2D eigenvalue weighted by Crippen LogP contribution is 2.46. The van der Waals surface area contributed by atoms with Crippen LogP contribution in [0.1, 0.15) is 73.5 Å². The number of nitrogens with zero attached hydrogens (tertiary/aromatic N) is 7. The van der Waals surface area contributed by atoms with Gasteiger partial charge in [0.2, 0.25) is 6.41 Å². The van der Waals surface area contributed by atoms with E-state index in [1.807, 2.05) is 24.1 Å². The summed E-state index contributed by atoms with van der Waals surface area (Å²) in [5, 5.41) is 30.7. The topological polar surface area (TPSA) is 136 Å². The van der Waals surface area contributed by atoms with Gasteiger partial charge < -0.3 is 0 Å². The number of carbonyl (C=O) groups excluding carboxylic acids is 1. The second kappa shape index (κ2) is 14.0. The molecule has 0 radical (unpaired) electrons. The van der Waals surface area contributed by atoms with Gasteiger partial charge in [0.25, 0.3) is 6.55 Å². The number of allylic oxidation sites excluding steroid dienone is 1. The molecule has 6 rings (SSSR count). The minimum atomic E-state index is -2.44. The number of H-pyrrole nitrogens is 1. The first-order valence-corrected chi connectivity index (χ1v) is 15.6. The smallest absolute Gasteiger partial charge is 0.291 e. The Morgan fingerprint density at radius 2 is 1.89 bits per heavy atom. The zero-order chi connectivity index (χ0) is 33.1. The predicted octanol–water partition coefficient (Wildman–Crippen LogP) is 6.31. The molecule has 1 fully saturated rings. The molecule has 11 nitrogen and oxygen atoms in total. The molecule has 3 aromatic heterocycles. The first-order chi connectivity index (χ1) is 22.1. The van der Waals surface area contributed by atoms with Gasteiger partial charge in [0, 0.05) is 46.8 Å². The highest BCUT2D eigenvalue weighted by Gasteiger charge is 2.37. The van der Waals surface area contributed by atoms with E-state index in [0.717, 1.165) is 93.5 Å². The van der Waals surface area contributed by atoms with Crippen molar-refractivity contribution in [3.63, 3.8) is 0 Å². The minimum Gasteiger partial charge on any atom is -0.291 e. The molecular weight excluding hydrogens is 614 g/mol. The number of hydrogen-bond acceptors (Lipinski definition) is 7. The van der Waals surface area contributed by atoms with E-state index in [1.165, 1.54) is 11.9 Å². The maximum Gasteiger partial charge on any atom is 0.294 e. The average Bonchev–Trinajstić information content (AvgIpc) is 3.70. The number of fused-ring (bicyclic) bond motifs is 2. The molecule has 14 heteroatoms. The molecule has 244 valence electrons. The number of halogens is 3. The van der Waals surface area contributed by atoms with Crippen molar-refractivity contribution in [2.24, 2.45) is 7.05 Å². The monoisotopic (exact) mass is 652 g/mol. The SMILES string of the molecule is CC1=Cc2[nH]ncc2C(c2c(-c3ccc4c(cnn4C)c3)nn(C3CCCC(N(C)C(F)F)CC3)c2C)C1Cl.N=CN(C=N)C=O. The van der Waals surface area contributed by atoms with E-state index in [4.69, 9.17) is 27.5 Å². The zero-order valence-electron chi connectivity index (χ0n) is 26.3. The molecule has 0 bridgehead atoms. The number of aromatic amines is 1. The molecule has 4 aromatic rings. The van der Waals surface area contributed by atoms with Crippen molar-refractivity contribution in [3.05, 3.63) is 58.7 Å². The molecule has 2 aliphatic carbocycles. The maximum absolute atomic E-state index is 13.4. The van der Waals surface area contributed by atoms with Crippen molar-refractivity contribution >= 4 is 47.7 Å². The summed E-state index contributed by atoms with van der Waals surface area (Å²) < 4.78 is 30.9. The second-order valence-electron chi connectivity index (χ2n) is 11.9. The fourth-order valence-electron chi connectivity index (χ4n) is 6.65. The van der Waals surface area contributed by atoms with Crippen LogP contribution in [0.2, 0.25) is 0 Å². The van der Waals surface area contributed by atoms with Crippen LogP contribution in [0.5, 0.6) is 0 Å². The average molecular weight is 653 g/mol. The number of benzene rings is 1. The Morgan fingerprint density at radius 3 is 2.57 bits per heavy atom. The molecule has 3 heterocycles. The Morgan fingerprint density at radius 1 is 1.13 bits per heavy atom. The molecule has 0 spiro atoms. The molecule has 4 atom stereocenters. The van der Waals surface area contributed by atoms with E-state index in [1.54, 1.807) is 0 Å². The van der Waals surface area contributed by atoms with E-state index in [-0.39, 0.29) is 23.4 Å². The van der Waals surface area contributed by atoms with Crippen LogP contribution in [0.3, 0.4) is 0 Å².